The van der Waals surface area contributed by atoms with Gasteiger partial charge in [0.25, 0.3) is 0 Å². The van der Waals surface area contributed by atoms with E-state index in [1.165, 1.54) is 7.11 Å². The number of carbonyl (C=O) groups excluding carboxylic acids is 1. The summed E-state index contributed by atoms with van der Waals surface area (Å²) >= 11 is 0. The number of fused-ring (bicyclic) bond motifs is 1. The molecule has 1 heterocycles. The topological polar surface area (TPSA) is 38.7 Å². The first-order chi connectivity index (χ1) is 9.70. The summed E-state index contributed by atoms with van der Waals surface area (Å²) in [6.07, 6.45) is 7.60. The molecule has 2 aliphatic rings. The SMILES string of the molecule is COC(=O)C12C=CC=CC1=C(C)N=C2c1ccccc1. The summed E-state index contributed by atoms with van der Waals surface area (Å²) in [5.74, 6) is -0.299. The van der Waals surface area contributed by atoms with Gasteiger partial charge in [-0.1, -0.05) is 54.6 Å². The van der Waals surface area contributed by atoms with E-state index in [2.05, 4.69) is 4.99 Å². The number of hydrogen-bond donors (Lipinski definition) is 0. The molecule has 1 aromatic rings. The van der Waals surface area contributed by atoms with Crippen molar-refractivity contribution >= 4 is 11.7 Å². The van der Waals surface area contributed by atoms with Crippen LogP contribution in [0.2, 0.25) is 0 Å². The fourth-order valence-electron chi connectivity index (χ4n) is 2.83. The van der Waals surface area contributed by atoms with Crippen LogP contribution in [0.25, 0.3) is 0 Å². The number of methoxy groups -OCH3 is 1. The number of carbonyl (C=O) groups is 1. The van der Waals surface area contributed by atoms with E-state index >= 15 is 0 Å². The van der Waals surface area contributed by atoms with Gasteiger partial charge < -0.3 is 4.74 Å². The standard InChI is InChI=1S/C17H15NO2/c1-12-14-10-6-7-11-17(14,16(19)20-2)15(18-12)13-8-4-3-5-9-13/h3-11H,1-2H3. The molecule has 1 aliphatic heterocycles. The molecule has 0 aromatic heterocycles. The van der Waals surface area contributed by atoms with Gasteiger partial charge in [-0.3, -0.25) is 9.79 Å². The second-order valence-corrected chi connectivity index (χ2v) is 4.84. The zero-order chi connectivity index (χ0) is 14.2. The molecule has 0 fully saturated rings. The van der Waals surface area contributed by atoms with Crippen LogP contribution in [0.15, 0.2) is 70.9 Å². The molecule has 1 unspecified atom stereocenters. The van der Waals surface area contributed by atoms with Crippen molar-refractivity contribution in [1.29, 1.82) is 0 Å². The van der Waals surface area contributed by atoms with Gasteiger partial charge in [0, 0.05) is 11.3 Å². The van der Waals surface area contributed by atoms with Gasteiger partial charge in [0.15, 0.2) is 5.41 Å². The molecule has 100 valence electrons. The quantitative estimate of drug-likeness (QED) is 0.771. The van der Waals surface area contributed by atoms with Crippen molar-refractivity contribution in [3.05, 3.63) is 71.5 Å². The average molecular weight is 265 g/mol. The Morgan fingerprint density at radius 1 is 1.20 bits per heavy atom. The number of ether oxygens (including phenoxy) is 1. The van der Waals surface area contributed by atoms with Crippen LogP contribution >= 0.6 is 0 Å². The number of aliphatic imine (C=N–C) groups is 1. The van der Waals surface area contributed by atoms with Crippen molar-refractivity contribution in [2.75, 3.05) is 7.11 Å². The molecule has 1 atom stereocenters. The lowest BCUT2D eigenvalue weighted by Crippen LogP contribution is -2.39. The van der Waals surface area contributed by atoms with Crippen LogP contribution in [0.5, 0.6) is 0 Å². The summed E-state index contributed by atoms with van der Waals surface area (Å²) in [7, 11) is 1.41. The van der Waals surface area contributed by atoms with E-state index in [-0.39, 0.29) is 5.97 Å². The molecule has 3 heteroatoms. The number of esters is 1. The molecule has 3 nitrogen and oxygen atoms in total. The largest absolute Gasteiger partial charge is 0.468 e. The average Bonchev–Trinajstić information content (AvgIpc) is 2.82. The highest BCUT2D eigenvalue weighted by Crippen LogP contribution is 2.44. The van der Waals surface area contributed by atoms with E-state index in [1.54, 1.807) is 0 Å². The Kier molecular flexibility index (Phi) is 2.90. The van der Waals surface area contributed by atoms with Crippen LogP contribution in [0.1, 0.15) is 12.5 Å². The van der Waals surface area contributed by atoms with Crippen molar-refractivity contribution in [2.45, 2.75) is 6.92 Å². The minimum Gasteiger partial charge on any atom is -0.468 e. The summed E-state index contributed by atoms with van der Waals surface area (Å²) in [6.45, 7) is 1.92. The molecule has 20 heavy (non-hydrogen) atoms. The Morgan fingerprint density at radius 2 is 1.95 bits per heavy atom. The van der Waals surface area contributed by atoms with Crippen LogP contribution in [0, 0.1) is 5.41 Å². The Bertz CT molecular complexity index is 680. The van der Waals surface area contributed by atoms with Gasteiger partial charge in [0.1, 0.15) is 0 Å². The number of hydrogen-bond acceptors (Lipinski definition) is 3. The van der Waals surface area contributed by atoms with Gasteiger partial charge in [0.05, 0.1) is 12.8 Å². The molecule has 1 aromatic carbocycles. The smallest absolute Gasteiger partial charge is 0.326 e. The molecule has 0 bridgehead atoms. The number of rotatable bonds is 2. The third-order valence-corrected chi connectivity index (χ3v) is 3.74. The number of nitrogens with zero attached hydrogens (tertiary/aromatic N) is 1. The summed E-state index contributed by atoms with van der Waals surface area (Å²) in [4.78, 5) is 17.1. The Labute approximate surface area is 118 Å². The van der Waals surface area contributed by atoms with Crippen LogP contribution in [-0.4, -0.2) is 18.8 Å². The third kappa shape index (κ3) is 1.59. The predicted molar refractivity (Wildman–Crippen MR) is 78.4 cm³/mol. The minimum absolute atomic E-state index is 0.299. The first-order valence-corrected chi connectivity index (χ1v) is 6.50. The molecule has 3 rings (SSSR count). The van der Waals surface area contributed by atoms with Gasteiger partial charge in [-0.05, 0) is 12.5 Å². The van der Waals surface area contributed by atoms with Crippen LogP contribution in [0.4, 0.5) is 0 Å². The monoisotopic (exact) mass is 265 g/mol. The number of allylic oxidation sites excluding steroid dienone is 4. The highest BCUT2D eigenvalue weighted by Gasteiger charge is 2.50. The number of benzene rings is 1. The molecule has 0 spiro atoms. The van der Waals surface area contributed by atoms with Gasteiger partial charge >= 0.3 is 5.97 Å². The third-order valence-electron chi connectivity index (χ3n) is 3.74. The van der Waals surface area contributed by atoms with Crippen LogP contribution in [-0.2, 0) is 9.53 Å². The van der Waals surface area contributed by atoms with Gasteiger partial charge in [-0.2, -0.15) is 0 Å². The summed E-state index contributed by atoms with van der Waals surface area (Å²) in [6, 6.07) is 9.76. The van der Waals surface area contributed by atoms with Crippen molar-refractivity contribution in [1.82, 2.24) is 0 Å². The molecule has 0 saturated heterocycles. The van der Waals surface area contributed by atoms with E-state index < -0.39 is 5.41 Å². The highest BCUT2D eigenvalue weighted by molar-refractivity contribution is 6.22. The fourth-order valence-corrected chi connectivity index (χ4v) is 2.83. The maximum Gasteiger partial charge on any atom is 0.326 e. The fraction of sp³-hybridized carbons (Fsp3) is 0.176. The second kappa shape index (κ2) is 4.60. The van der Waals surface area contributed by atoms with E-state index in [4.69, 9.17) is 4.74 Å². The van der Waals surface area contributed by atoms with E-state index in [0.717, 1.165) is 22.5 Å². The van der Waals surface area contributed by atoms with Crippen molar-refractivity contribution in [3.63, 3.8) is 0 Å². The van der Waals surface area contributed by atoms with Crippen LogP contribution < -0.4 is 0 Å². The summed E-state index contributed by atoms with van der Waals surface area (Å²) < 4.78 is 5.06. The Hall–Kier alpha value is -2.42. The first kappa shape index (κ1) is 12.6. The Morgan fingerprint density at radius 3 is 2.65 bits per heavy atom. The van der Waals surface area contributed by atoms with Gasteiger partial charge in [0.2, 0.25) is 0 Å². The molecular formula is C17H15NO2. The van der Waals surface area contributed by atoms with E-state index in [0.29, 0.717) is 0 Å². The first-order valence-electron chi connectivity index (χ1n) is 6.50. The molecule has 0 radical (unpaired) electrons. The molecule has 0 saturated carbocycles. The van der Waals surface area contributed by atoms with Gasteiger partial charge in [-0.15, -0.1) is 0 Å². The van der Waals surface area contributed by atoms with Crippen LogP contribution in [0.3, 0.4) is 0 Å². The molecule has 1 aliphatic carbocycles. The lowest BCUT2D eigenvalue weighted by atomic mass is 9.72. The lowest BCUT2D eigenvalue weighted by Gasteiger charge is -2.28. The van der Waals surface area contributed by atoms with E-state index in [9.17, 15) is 4.79 Å². The molecule has 0 N–H and O–H groups in total. The predicted octanol–water partition coefficient (Wildman–Crippen LogP) is 3.05. The van der Waals surface area contributed by atoms with Crippen molar-refractivity contribution in [2.24, 2.45) is 10.4 Å². The second-order valence-electron chi connectivity index (χ2n) is 4.84. The Balaban J connectivity index is 2.22. The molecule has 0 amide bonds. The van der Waals surface area contributed by atoms with E-state index in [1.807, 2.05) is 61.6 Å². The normalized spacial score (nSPS) is 23.6. The highest BCUT2D eigenvalue weighted by atomic mass is 16.5. The zero-order valence-electron chi connectivity index (χ0n) is 11.5. The zero-order valence-corrected chi connectivity index (χ0v) is 11.5. The summed E-state index contributed by atoms with van der Waals surface area (Å²) in [5, 5.41) is 0. The molecular weight excluding hydrogens is 250 g/mol. The van der Waals surface area contributed by atoms with Crippen molar-refractivity contribution in [3.8, 4) is 0 Å². The maximum absolute atomic E-state index is 12.5. The summed E-state index contributed by atoms with van der Waals surface area (Å²) in [5.41, 5.74) is 2.51. The van der Waals surface area contributed by atoms with Gasteiger partial charge in [-0.25, -0.2) is 0 Å². The lowest BCUT2D eigenvalue weighted by molar-refractivity contribution is -0.144. The minimum atomic E-state index is -0.908. The van der Waals surface area contributed by atoms with Crippen molar-refractivity contribution < 1.29 is 9.53 Å². The maximum atomic E-state index is 12.5.